The summed E-state index contributed by atoms with van der Waals surface area (Å²) in [5.41, 5.74) is 0. The van der Waals surface area contributed by atoms with Crippen molar-refractivity contribution >= 4 is 5.91 Å². The number of hydrogen-bond acceptors (Lipinski definition) is 3. The quantitative estimate of drug-likeness (QED) is 0.660. The number of rotatable bonds is 8. The molecule has 0 radical (unpaired) electrons. The molecule has 4 nitrogen and oxygen atoms in total. The van der Waals surface area contributed by atoms with Crippen molar-refractivity contribution in [2.24, 2.45) is 11.8 Å². The minimum absolute atomic E-state index is 0.0290. The van der Waals surface area contributed by atoms with E-state index in [1.807, 2.05) is 0 Å². The van der Waals surface area contributed by atoms with Crippen LogP contribution in [-0.4, -0.2) is 45.2 Å². The number of piperidine rings is 1. The Balaban J connectivity index is 2.06. The first-order valence-corrected chi connectivity index (χ1v) is 6.93. The van der Waals surface area contributed by atoms with Gasteiger partial charge in [-0.15, -0.1) is 0 Å². The number of alkyl halides is 2. The predicted octanol–water partition coefficient (Wildman–Crippen LogP) is 1.41. The monoisotopic (exact) mass is 278 g/mol. The number of halogens is 2. The fraction of sp³-hybridized carbons (Fsp3) is 0.923. The second-order valence-electron chi connectivity index (χ2n) is 5.10. The SMILES string of the molecule is CC(CC(=O)NCCOCC(F)F)C1CCCNC1. The molecule has 6 heteroatoms. The van der Waals surface area contributed by atoms with Gasteiger partial charge in [-0.3, -0.25) is 4.79 Å². The van der Waals surface area contributed by atoms with Crippen molar-refractivity contribution in [3.05, 3.63) is 0 Å². The first-order valence-electron chi connectivity index (χ1n) is 6.93. The Kier molecular flexibility index (Phi) is 7.90. The molecule has 2 unspecified atom stereocenters. The number of amides is 1. The highest BCUT2D eigenvalue weighted by Gasteiger charge is 2.21. The van der Waals surface area contributed by atoms with Crippen molar-refractivity contribution in [3.63, 3.8) is 0 Å². The molecule has 2 N–H and O–H groups in total. The molecule has 0 bridgehead atoms. The van der Waals surface area contributed by atoms with E-state index in [-0.39, 0.29) is 12.5 Å². The standard InChI is InChI=1S/C13H24F2N2O2/c1-10(11-3-2-4-16-8-11)7-13(18)17-5-6-19-9-12(14)15/h10-12,16H,2-9H2,1H3,(H,17,18). The van der Waals surface area contributed by atoms with E-state index in [4.69, 9.17) is 4.74 Å². The number of carbonyl (C=O) groups is 1. The third kappa shape index (κ3) is 7.42. The van der Waals surface area contributed by atoms with Gasteiger partial charge in [-0.25, -0.2) is 8.78 Å². The molecule has 19 heavy (non-hydrogen) atoms. The van der Waals surface area contributed by atoms with Crippen LogP contribution in [0, 0.1) is 11.8 Å². The zero-order chi connectivity index (χ0) is 14.1. The Hall–Kier alpha value is -0.750. The molecule has 1 fully saturated rings. The maximum atomic E-state index is 11.8. The van der Waals surface area contributed by atoms with E-state index in [1.54, 1.807) is 0 Å². The van der Waals surface area contributed by atoms with Gasteiger partial charge in [-0.2, -0.15) is 0 Å². The van der Waals surface area contributed by atoms with E-state index in [0.29, 0.717) is 24.8 Å². The van der Waals surface area contributed by atoms with Gasteiger partial charge < -0.3 is 15.4 Å². The fourth-order valence-electron chi connectivity index (χ4n) is 2.33. The molecular formula is C13H24F2N2O2. The van der Waals surface area contributed by atoms with Gasteiger partial charge in [0.1, 0.15) is 6.61 Å². The van der Waals surface area contributed by atoms with Gasteiger partial charge >= 0.3 is 0 Å². The van der Waals surface area contributed by atoms with Gasteiger partial charge in [0.25, 0.3) is 6.43 Å². The van der Waals surface area contributed by atoms with Crippen LogP contribution < -0.4 is 10.6 Å². The van der Waals surface area contributed by atoms with Crippen LogP contribution in [0.3, 0.4) is 0 Å². The largest absolute Gasteiger partial charge is 0.374 e. The van der Waals surface area contributed by atoms with E-state index in [1.165, 1.54) is 6.42 Å². The van der Waals surface area contributed by atoms with Gasteiger partial charge in [-0.05, 0) is 37.8 Å². The summed E-state index contributed by atoms with van der Waals surface area (Å²) in [6.45, 7) is 3.99. The van der Waals surface area contributed by atoms with Gasteiger partial charge in [0, 0.05) is 13.0 Å². The Bertz CT molecular complexity index is 259. The van der Waals surface area contributed by atoms with E-state index in [0.717, 1.165) is 19.5 Å². The number of nitrogens with one attached hydrogen (secondary N) is 2. The minimum atomic E-state index is -2.45. The van der Waals surface area contributed by atoms with Crippen LogP contribution in [0.2, 0.25) is 0 Å². The van der Waals surface area contributed by atoms with Gasteiger partial charge in [0.15, 0.2) is 0 Å². The van der Waals surface area contributed by atoms with Crippen molar-refractivity contribution in [3.8, 4) is 0 Å². The Morgan fingerprint density at radius 2 is 2.32 bits per heavy atom. The van der Waals surface area contributed by atoms with Crippen LogP contribution in [0.1, 0.15) is 26.2 Å². The summed E-state index contributed by atoms with van der Waals surface area (Å²) in [7, 11) is 0. The lowest BCUT2D eigenvalue weighted by atomic mass is 9.85. The average Bonchev–Trinajstić information content (AvgIpc) is 2.39. The Morgan fingerprint density at radius 1 is 1.53 bits per heavy atom. The third-order valence-corrected chi connectivity index (χ3v) is 3.46. The molecule has 0 aromatic heterocycles. The summed E-state index contributed by atoms with van der Waals surface area (Å²) >= 11 is 0. The normalized spacial score (nSPS) is 21.4. The topological polar surface area (TPSA) is 50.4 Å². The third-order valence-electron chi connectivity index (χ3n) is 3.46. The highest BCUT2D eigenvalue weighted by Crippen LogP contribution is 2.22. The summed E-state index contributed by atoms with van der Waals surface area (Å²) in [6, 6.07) is 0. The van der Waals surface area contributed by atoms with E-state index in [2.05, 4.69) is 17.6 Å². The van der Waals surface area contributed by atoms with Gasteiger partial charge in [0.2, 0.25) is 5.91 Å². The molecule has 0 aromatic rings. The van der Waals surface area contributed by atoms with E-state index >= 15 is 0 Å². The molecule has 1 amide bonds. The minimum Gasteiger partial charge on any atom is -0.374 e. The lowest BCUT2D eigenvalue weighted by Gasteiger charge is -2.28. The van der Waals surface area contributed by atoms with Gasteiger partial charge in [-0.1, -0.05) is 6.92 Å². The summed E-state index contributed by atoms with van der Waals surface area (Å²) < 4.78 is 28.3. The summed E-state index contributed by atoms with van der Waals surface area (Å²) in [4.78, 5) is 11.7. The zero-order valence-electron chi connectivity index (χ0n) is 11.5. The van der Waals surface area contributed by atoms with E-state index < -0.39 is 13.0 Å². The lowest BCUT2D eigenvalue weighted by molar-refractivity contribution is -0.122. The Labute approximate surface area is 113 Å². The van der Waals surface area contributed by atoms with Crippen LogP contribution in [-0.2, 0) is 9.53 Å². The molecule has 0 spiro atoms. The number of ether oxygens (including phenoxy) is 1. The van der Waals surface area contributed by atoms with Crippen LogP contribution >= 0.6 is 0 Å². The van der Waals surface area contributed by atoms with Crippen LogP contribution in [0.25, 0.3) is 0 Å². The molecule has 0 aliphatic carbocycles. The number of carbonyl (C=O) groups excluding carboxylic acids is 1. The van der Waals surface area contributed by atoms with Gasteiger partial charge in [0.05, 0.1) is 6.61 Å². The first kappa shape index (κ1) is 16.3. The lowest BCUT2D eigenvalue weighted by Crippen LogP contribution is -2.36. The van der Waals surface area contributed by atoms with Crippen LogP contribution in [0.4, 0.5) is 8.78 Å². The molecule has 112 valence electrons. The molecule has 0 saturated carbocycles. The summed E-state index contributed by atoms with van der Waals surface area (Å²) in [5.74, 6) is 0.864. The molecule has 1 rings (SSSR count). The molecule has 1 saturated heterocycles. The van der Waals surface area contributed by atoms with E-state index in [9.17, 15) is 13.6 Å². The molecule has 1 heterocycles. The van der Waals surface area contributed by atoms with Crippen LogP contribution in [0.15, 0.2) is 0 Å². The maximum Gasteiger partial charge on any atom is 0.261 e. The number of hydrogen-bond donors (Lipinski definition) is 2. The molecule has 0 aromatic carbocycles. The first-order chi connectivity index (χ1) is 9.09. The maximum absolute atomic E-state index is 11.8. The smallest absolute Gasteiger partial charge is 0.261 e. The average molecular weight is 278 g/mol. The highest BCUT2D eigenvalue weighted by molar-refractivity contribution is 5.76. The van der Waals surface area contributed by atoms with Crippen LogP contribution in [0.5, 0.6) is 0 Å². The fourth-order valence-corrected chi connectivity index (χ4v) is 2.33. The molecule has 1 aliphatic heterocycles. The highest BCUT2D eigenvalue weighted by atomic mass is 19.3. The zero-order valence-corrected chi connectivity index (χ0v) is 11.5. The second-order valence-corrected chi connectivity index (χ2v) is 5.10. The predicted molar refractivity (Wildman–Crippen MR) is 69.2 cm³/mol. The molecular weight excluding hydrogens is 254 g/mol. The summed E-state index contributed by atoms with van der Waals surface area (Å²) in [6.07, 6.45) is 0.368. The van der Waals surface area contributed by atoms with Crippen molar-refractivity contribution in [2.75, 3.05) is 32.8 Å². The van der Waals surface area contributed by atoms with Crippen molar-refractivity contribution < 1.29 is 18.3 Å². The second kappa shape index (κ2) is 9.20. The Morgan fingerprint density at radius 3 is 2.95 bits per heavy atom. The van der Waals surface area contributed by atoms with Crippen molar-refractivity contribution in [1.82, 2.24) is 10.6 Å². The molecule has 1 aliphatic rings. The molecule has 2 atom stereocenters. The van der Waals surface area contributed by atoms with Crippen molar-refractivity contribution in [1.29, 1.82) is 0 Å². The van der Waals surface area contributed by atoms with Crippen molar-refractivity contribution in [2.45, 2.75) is 32.6 Å². The summed E-state index contributed by atoms with van der Waals surface area (Å²) in [5, 5.41) is 6.03.